The first-order chi connectivity index (χ1) is 9.75. The first-order valence-electron chi connectivity index (χ1n) is 6.45. The van der Waals surface area contributed by atoms with Gasteiger partial charge in [-0.1, -0.05) is 60.7 Å². The predicted octanol–water partition coefficient (Wildman–Crippen LogP) is 2.52. The van der Waals surface area contributed by atoms with E-state index in [0.29, 0.717) is 12.5 Å². The number of hydrogen-bond acceptors (Lipinski definition) is 2. The van der Waals surface area contributed by atoms with Gasteiger partial charge in [0.1, 0.15) is 0 Å². The zero-order chi connectivity index (χ0) is 14.2. The molecule has 0 fully saturated rings. The number of benzene rings is 2. The zero-order valence-electron chi connectivity index (χ0n) is 11.5. The van der Waals surface area contributed by atoms with Crippen molar-refractivity contribution in [3.63, 3.8) is 0 Å². The Kier molecular flexibility index (Phi) is 4.89. The Balaban J connectivity index is 1.93. The van der Waals surface area contributed by atoms with Gasteiger partial charge in [-0.2, -0.15) is 5.10 Å². The molecular weight excluding hydrogens is 248 g/mol. The van der Waals surface area contributed by atoms with Crippen LogP contribution in [-0.2, 0) is 6.54 Å². The van der Waals surface area contributed by atoms with Crippen LogP contribution in [0.15, 0.2) is 70.8 Å². The summed E-state index contributed by atoms with van der Waals surface area (Å²) in [6.45, 7) is 2.46. The maximum Gasteiger partial charge on any atom is 0.209 e. The van der Waals surface area contributed by atoms with Crippen molar-refractivity contribution in [2.24, 2.45) is 15.8 Å². The summed E-state index contributed by atoms with van der Waals surface area (Å²) in [5.74, 6) is 0.309. The monoisotopic (exact) mass is 266 g/mol. The number of nitrogens with one attached hydrogen (secondary N) is 1. The van der Waals surface area contributed by atoms with Crippen molar-refractivity contribution >= 4 is 11.7 Å². The molecule has 0 radical (unpaired) electrons. The summed E-state index contributed by atoms with van der Waals surface area (Å²) in [6, 6.07) is 19.9. The number of guanidine groups is 1. The Labute approximate surface area is 119 Å². The van der Waals surface area contributed by atoms with Gasteiger partial charge in [0, 0.05) is 0 Å². The molecule has 20 heavy (non-hydrogen) atoms. The molecule has 0 amide bonds. The van der Waals surface area contributed by atoms with E-state index in [0.717, 1.165) is 16.8 Å². The van der Waals surface area contributed by atoms with Crippen molar-refractivity contribution in [2.75, 3.05) is 0 Å². The molecule has 0 aliphatic rings. The standard InChI is InChI=1S/C16H18N4/c1-13(15-10-6-3-7-11-15)19-20-16(17)18-12-14-8-4-2-5-9-14/h2-11H,12H2,1H3,(H3,17,18,20)/b19-13+. The van der Waals surface area contributed by atoms with Gasteiger partial charge in [-0.3, -0.25) is 0 Å². The van der Waals surface area contributed by atoms with Gasteiger partial charge in [-0.15, -0.1) is 0 Å². The third kappa shape index (κ3) is 4.24. The minimum atomic E-state index is 0.309. The normalized spacial score (nSPS) is 12.2. The summed E-state index contributed by atoms with van der Waals surface area (Å²) in [5, 5.41) is 4.22. The number of nitrogens with zero attached hydrogens (tertiary/aromatic N) is 2. The van der Waals surface area contributed by atoms with Crippen LogP contribution >= 0.6 is 0 Å². The molecule has 2 aromatic carbocycles. The second-order valence-electron chi connectivity index (χ2n) is 4.36. The van der Waals surface area contributed by atoms with E-state index in [9.17, 15) is 0 Å². The molecule has 0 spiro atoms. The van der Waals surface area contributed by atoms with Crippen molar-refractivity contribution in [1.82, 2.24) is 5.43 Å². The summed E-state index contributed by atoms with van der Waals surface area (Å²) < 4.78 is 0. The Hall–Kier alpha value is -2.62. The van der Waals surface area contributed by atoms with Crippen LogP contribution < -0.4 is 11.2 Å². The molecular formula is C16H18N4. The van der Waals surface area contributed by atoms with E-state index in [1.54, 1.807) is 0 Å². The van der Waals surface area contributed by atoms with Crippen molar-refractivity contribution in [3.05, 3.63) is 71.8 Å². The molecule has 0 aromatic heterocycles. The Morgan fingerprint density at radius 1 is 1.00 bits per heavy atom. The van der Waals surface area contributed by atoms with Crippen LogP contribution in [0.5, 0.6) is 0 Å². The number of aliphatic imine (C=N–C) groups is 1. The first kappa shape index (κ1) is 13.8. The third-order valence-electron chi connectivity index (χ3n) is 2.80. The fourth-order valence-corrected chi connectivity index (χ4v) is 1.68. The van der Waals surface area contributed by atoms with Gasteiger partial charge in [0.2, 0.25) is 5.96 Å². The van der Waals surface area contributed by atoms with E-state index in [1.165, 1.54) is 0 Å². The van der Waals surface area contributed by atoms with Crippen LogP contribution in [0.3, 0.4) is 0 Å². The summed E-state index contributed by atoms with van der Waals surface area (Å²) in [7, 11) is 0. The van der Waals surface area contributed by atoms with Crippen molar-refractivity contribution in [2.45, 2.75) is 13.5 Å². The largest absolute Gasteiger partial charge is 0.369 e. The van der Waals surface area contributed by atoms with E-state index < -0.39 is 0 Å². The number of nitrogens with two attached hydrogens (primary N) is 1. The van der Waals surface area contributed by atoms with Gasteiger partial charge < -0.3 is 5.73 Å². The van der Waals surface area contributed by atoms with Crippen molar-refractivity contribution < 1.29 is 0 Å². The summed E-state index contributed by atoms with van der Waals surface area (Å²) in [6.07, 6.45) is 0. The molecule has 3 N–H and O–H groups in total. The van der Waals surface area contributed by atoms with Crippen LogP contribution in [0.2, 0.25) is 0 Å². The smallest absolute Gasteiger partial charge is 0.209 e. The minimum absolute atomic E-state index is 0.309. The molecule has 102 valence electrons. The lowest BCUT2D eigenvalue weighted by Crippen LogP contribution is -2.28. The van der Waals surface area contributed by atoms with Gasteiger partial charge in [0.25, 0.3) is 0 Å². The first-order valence-corrected chi connectivity index (χ1v) is 6.45. The topological polar surface area (TPSA) is 62.8 Å². The van der Waals surface area contributed by atoms with Gasteiger partial charge in [0.05, 0.1) is 12.3 Å². The van der Waals surface area contributed by atoms with Crippen LogP contribution in [0.4, 0.5) is 0 Å². The Bertz CT molecular complexity index is 588. The molecule has 0 unspecified atom stereocenters. The average Bonchev–Trinajstić information content (AvgIpc) is 2.52. The molecule has 2 rings (SSSR count). The molecule has 4 heteroatoms. The molecule has 0 atom stereocenters. The highest BCUT2D eigenvalue weighted by atomic mass is 15.4. The van der Waals surface area contributed by atoms with E-state index >= 15 is 0 Å². The lowest BCUT2D eigenvalue weighted by Gasteiger charge is -2.03. The molecule has 0 aliphatic heterocycles. The molecule has 0 aliphatic carbocycles. The SMILES string of the molecule is C/C(=N\NC(N)=NCc1ccccc1)c1ccccc1. The lowest BCUT2D eigenvalue weighted by molar-refractivity contribution is 0.957. The van der Waals surface area contributed by atoms with E-state index in [1.807, 2.05) is 67.6 Å². The van der Waals surface area contributed by atoms with E-state index in [-0.39, 0.29) is 0 Å². The molecule has 0 bridgehead atoms. The predicted molar refractivity (Wildman–Crippen MR) is 83.6 cm³/mol. The number of hydrazone groups is 1. The molecule has 2 aromatic rings. The molecule has 0 saturated carbocycles. The fourth-order valence-electron chi connectivity index (χ4n) is 1.68. The number of hydrogen-bond donors (Lipinski definition) is 2. The minimum Gasteiger partial charge on any atom is -0.369 e. The Morgan fingerprint density at radius 2 is 1.60 bits per heavy atom. The van der Waals surface area contributed by atoms with Gasteiger partial charge in [-0.05, 0) is 18.1 Å². The van der Waals surface area contributed by atoms with Crippen LogP contribution in [-0.4, -0.2) is 11.7 Å². The fraction of sp³-hybridized carbons (Fsp3) is 0.125. The van der Waals surface area contributed by atoms with Crippen LogP contribution in [0.1, 0.15) is 18.1 Å². The van der Waals surface area contributed by atoms with Crippen molar-refractivity contribution in [3.8, 4) is 0 Å². The van der Waals surface area contributed by atoms with Gasteiger partial charge in [0.15, 0.2) is 0 Å². The molecule has 0 saturated heterocycles. The third-order valence-corrected chi connectivity index (χ3v) is 2.80. The quantitative estimate of drug-likeness (QED) is 0.507. The summed E-state index contributed by atoms with van der Waals surface area (Å²) in [4.78, 5) is 4.24. The summed E-state index contributed by atoms with van der Waals surface area (Å²) >= 11 is 0. The average molecular weight is 266 g/mol. The highest BCUT2D eigenvalue weighted by Crippen LogP contribution is 2.01. The van der Waals surface area contributed by atoms with E-state index in [2.05, 4.69) is 15.5 Å². The molecule has 0 heterocycles. The van der Waals surface area contributed by atoms with Crippen LogP contribution in [0, 0.1) is 0 Å². The maximum atomic E-state index is 5.78. The van der Waals surface area contributed by atoms with Gasteiger partial charge >= 0.3 is 0 Å². The van der Waals surface area contributed by atoms with Crippen LogP contribution in [0.25, 0.3) is 0 Å². The number of rotatable bonds is 4. The van der Waals surface area contributed by atoms with Crippen molar-refractivity contribution in [1.29, 1.82) is 0 Å². The lowest BCUT2D eigenvalue weighted by atomic mass is 10.1. The molecule has 4 nitrogen and oxygen atoms in total. The summed E-state index contributed by atoms with van der Waals surface area (Å²) in [5.41, 5.74) is 11.6. The highest BCUT2D eigenvalue weighted by Gasteiger charge is 1.96. The second kappa shape index (κ2) is 7.09. The van der Waals surface area contributed by atoms with E-state index in [4.69, 9.17) is 5.73 Å². The Morgan fingerprint density at radius 3 is 2.25 bits per heavy atom. The van der Waals surface area contributed by atoms with Gasteiger partial charge in [-0.25, -0.2) is 10.4 Å². The second-order valence-corrected chi connectivity index (χ2v) is 4.36. The maximum absolute atomic E-state index is 5.78. The zero-order valence-corrected chi connectivity index (χ0v) is 11.5. The highest BCUT2D eigenvalue weighted by molar-refractivity contribution is 5.99.